The molecule has 0 aromatic rings. The van der Waals surface area contributed by atoms with Gasteiger partial charge in [0.2, 0.25) is 0 Å². The van der Waals surface area contributed by atoms with Crippen molar-refractivity contribution < 1.29 is 23.3 Å². The van der Waals surface area contributed by atoms with Gasteiger partial charge in [0.05, 0.1) is 50.8 Å². The molecule has 6 atom stereocenters. The van der Waals surface area contributed by atoms with E-state index < -0.39 is 0 Å². The normalized spacial score (nSPS) is 18.0. The summed E-state index contributed by atoms with van der Waals surface area (Å²) >= 11 is 0. The first-order chi connectivity index (χ1) is 8.99. The van der Waals surface area contributed by atoms with Crippen molar-refractivity contribution in [2.24, 2.45) is 0 Å². The molecule has 0 aliphatic heterocycles. The van der Waals surface area contributed by atoms with Crippen LogP contribution >= 0.6 is 18.9 Å². The maximum absolute atomic E-state index is 5.66. The Kier molecular flexibility index (Phi) is 12.8. The Balaban J connectivity index is 3.57. The van der Waals surface area contributed by atoms with E-state index >= 15 is 0 Å². The molecule has 116 valence electrons. The van der Waals surface area contributed by atoms with Crippen LogP contribution in [0, 0.1) is 0 Å². The SMILES string of the molecule is CC(COC(C)COC(C)COC(C)COP)OP. The summed E-state index contributed by atoms with van der Waals surface area (Å²) in [5.74, 6) is 0. The maximum atomic E-state index is 5.66. The second-order valence-electron chi connectivity index (χ2n) is 4.71. The molecule has 19 heavy (non-hydrogen) atoms. The average molecular weight is 314 g/mol. The summed E-state index contributed by atoms with van der Waals surface area (Å²) < 4.78 is 26.8. The Morgan fingerprint density at radius 1 is 0.632 bits per heavy atom. The maximum Gasteiger partial charge on any atom is 0.0816 e. The second kappa shape index (κ2) is 12.4. The van der Waals surface area contributed by atoms with Gasteiger partial charge in [0, 0.05) is 18.9 Å². The van der Waals surface area contributed by atoms with Crippen molar-refractivity contribution in [2.75, 3.05) is 26.4 Å². The van der Waals surface area contributed by atoms with Crippen LogP contribution in [0.15, 0.2) is 0 Å². The molecule has 0 aromatic carbocycles. The molecule has 0 bridgehead atoms. The number of ether oxygens (including phenoxy) is 3. The Bertz CT molecular complexity index is 209. The van der Waals surface area contributed by atoms with Gasteiger partial charge < -0.3 is 23.3 Å². The average Bonchev–Trinajstić information content (AvgIpc) is 2.40. The van der Waals surface area contributed by atoms with Gasteiger partial charge in [0.25, 0.3) is 0 Å². The minimum atomic E-state index is 0.0356. The monoisotopic (exact) mass is 314 g/mol. The molecule has 0 aromatic heterocycles. The topological polar surface area (TPSA) is 46.2 Å². The minimum Gasteiger partial charge on any atom is -0.373 e. The smallest absolute Gasteiger partial charge is 0.0816 e. The van der Waals surface area contributed by atoms with Gasteiger partial charge in [-0.1, -0.05) is 0 Å². The van der Waals surface area contributed by atoms with Crippen molar-refractivity contribution in [1.82, 2.24) is 0 Å². The third-order valence-corrected chi connectivity index (χ3v) is 3.07. The summed E-state index contributed by atoms with van der Waals surface area (Å²) in [5.41, 5.74) is 0. The molecule has 0 aliphatic rings. The largest absolute Gasteiger partial charge is 0.373 e. The molecular formula is C12H28O5P2. The first-order valence-corrected chi connectivity index (χ1v) is 7.45. The van der Waals surface area contributed by atoms with Crippen LogP contribution in [-0.2, 0) is 23.3 Å². The summed E-state index contributed by atoms with van der Waals surface area (Å²) in [6, 6.07) is 0. The van der Waals surface area contributed by atoms with E-state index in [4.69, 9.17) is 23.3 Å². The van der Waals surface area contributed by atoms with Crippen molar-refractivity contribution in [3.8, 4) is 0 Å². The van der Waals surface area contributed by atoms with Crippen LogP contribution in [0.3, 0.4) is 0 Å². The zero-order valence-electron chi connectivity index (χ0n) is 12.3. The van der Waals surface area contributed by atoms with E-state index in [9.17, 15) is 0 Å². The second-order valence-corrected chi connectivity index (χ2v) is 5.32. The summed E-state index contributed by atoms with van der Waals surface area (Å²) in [6.45, 7) is 10.1. The van der Waals surface area contributed by atoms with Gasteiger partial charge in [-0.3, -0.25) is 0 Å². The van der Waals surface area contributed by atoms with E-state index in [2.05, 4.69) is 18.9 Å². The van der Waals surface area contributed by atoms with Crippen molar-refractivity contribution in [3.63, 3.8) is 0 Å². The molecule has 0 radical (unpaired) electrons. The number of hydrogen-bond acceptors (Lipinski definition) is 5. The van der Waals surface area contributed by atoms with Crippen LogP contribution in [0.1, 0.15) is 27.7 Å². The van der Waals surface area contributed by atoms with E-state index in [0.29, 0.717) is 26.4 Å². The van der Waals surface area contributed by atoms with E-state index in [1.54, 1.807) is 0 Å². The van der Waals surface area contributed by atoms with Gasteiger partial charge in [-0.05, 0) is 27.7 Å². The van der Waals surface area contributed by atoms with E-state index in [0.717, 1.165) is 0 Å². The summed E-state index contributed by atoms with van der Waals surface area (Å²) in [6.07, 6.45) is 0.213. The fourth-order valence-corrected chi connectivity index (χ4v) is 1.57. The Morgan fingerprint density at radius 2 is 1.00 bits per heavy atom. The van der Waals surface area contributed by atoms with E-state index in [-0.39, 0.29) is 24.4 Å². The van der Waals surface area contributed by atoms with Gasteiger partial charge in [0.1, 0.15) is 0 Å². The zero-order chi connectivity index (χ0) is 14.7. The van der Waals surface area contributed by atoms with Gasteiger partial charge >= 0.3 is 0 Å². The van der Waals surface area contributed by atoms with Gasteiger partial charge in [-0.15, -0.1) is 0 Å². The lowest BCUT2D eigenvalue weighted by molar-refractivity contribution is -0.0785. The van der Waals surface area contributed by atoms with Crippen LogP contribution < -0.4 is 0 Å². The molecule has 0 spiro atoms. The molecule has 0 saturated carbocycles. The Hall–Kier alpha value is 0.660. The fourth-order valence-electron chi connectivity index (χ4n) is 1.22. The summed E-state index contributed by atoms with van der Waals surface area (Å²) in [4.78, 5) is 0. The van der Waals surface area contributed by atoms with E-state index in [1.807, 2.05) is 27.7 Å². The standard InChI is InChI=1S/C12H28O5P2/c1-9(6-14-11(3)8-16-18)13-5-10(2)15-7-12(4)17-19/h9-12H,5-8,18-19H2,1-4H3. The highest BCUT2D eigenvalue weighted by Crippen LogP contribution is 2.03. The van der Waals surface area contributed by atoms with E-state index in [1.165, 1.54) is 0 Å². The number of rotatable bonds is 12. The molecular weight excluding hydrogens is 286 g/mol. The lowest BCUT2D eigenvalue weighted by Gasteiger charge is -2.20. The van der Waals surface area contributed by atoms with Crippen molar-refractivity contribution in [2.45, 2.75) is 52.1 Å². The lowest BCUT2D eigenvalue weighted by atomic mass is 10.3. The molecule has 7 heteroatoms. The zero-order valence-corrected chi connectivity index (χ0v) is 14.6. The minimum absolute atomic E-state index is 0.0356. The highest BCUT2D eigenvalue weighted by Gasteiger charge is 2.10. The molecule has 0 saturated heterocycles. The van der Waals surface area contributed by atoms with Crippen LogP contribution in [0.4, 0.5) is 0 Å². The summed E-state index contributed by atoms with van der Waals surface area (Å²) in [7, 11) is 4.45. The third kappa shape index (κ3) is 12.1. The third-order valence-electron chi connectivity index (χ3n) is 2.41. The fraction of sp³-hybridized carbons (Fsp3) is 1.00. The highest BCUT2D eigenvalue weighted by molar-refractivity contribution is 7.10. The Labute approximate surface area is 121 Å². The first kappa shape index (κ1) is 19.7. The molecule has 0 rings (SSSR count). The summed E-state index contributed by atoms with van der Waals surface area (Å²) in [5, 5.41) is 0. The van der Waals surface area contributed by atoms with Crippen LogP contribution in [0.2, 0.25) is 0 Å². The van der Waals surface area contributed by atoms with Crippen molar-refractivity contribution in [1.29, 1.82) is 0 Å². The molecule has 0 aliphatic carbocycles. The van der Waals surface area contributed by atoms with Gasteiger partial charge in [-0.2, -0.15) is 0 Å². The molecule has 5 nitrogen and oxygen atoms in total. The van der Waals surface area contributed by atoms with Crippen LogP contribution in [0.5, 0.6) is 0 Å². The lowest BCUT2D eigenvalue weighted by Crippen LogP contribution is -2.27. The highest BCUT2D eigenvalue weighted by atomic mass is 31.0. The molecule has 0 heterocycles. The Morgan fingerprint density at radius 3 is 1.37 bits per heavy atom. The predicted molar refractivity (Wildman–Crippen MR) is 82.2 cm³/mol. The van der Waals surface area contributed by atoms with Gasteiger partial charge in [0.15, 0.2) is 0 Å². The molecule has 0 fully saturated rings. The quantitative estimate of drug-likeness (QED) is 0.517. The first-order valence-electron chi connectivity index (χ1n) is 6.51. The van der Waals surface area contributed by atoms with Gasteiger partial charge in [-0.25, -0.2) is 0 Å². The molecule has 6 unspecified atom stereocenters. The van der Waals surface area contributed by atoms with Crippen LogP contribution in [0.25, 0.3) is 0 Å². The predicted octanol–water partition coefficient (Wildman–Crippen LogP) is 2.20. The van der Waals surface area contributed by atoms with Crippen LogP contribution in [-0.4, -0.2) is 50.8 Å². The molecule has 0 amide bonds. The van der Waals surface area contributed by atoms with Crippen molar-refractivity contribution in [3.05, 3.63) is 0 Å². The van der Waals surface area contributed by atoms with Crippen molar-refractivity contribution >= 4 is 18.9 Å². The number of hydrogen-bond donors (Lipinski definition) is 0. The molecule has 0 N–H and O–H groups in total.